The fourth-order valence-electron chi connectivity index (χ4n) is 1.86. The van der Waals surface area contributed by atoms with E-state index in [1.165, 1.54) is 0 Å². The first-order chi connectivity index (χ1) is 9.92. The molecule has 110 valence electrons. The van der Waals surface area contributed by atoms with Crippen LogP contribution in [0.3, 0.4) is 0 Å². The largest absolute Gasteiger partial charge is 0.495 e. The van der Waals surface area contributed by atoms with Crippen molar-refractivity contribution in [3.8, 4) is 5.75 Å². The summed E-state index contributed by atoms with van der Waals surface area (Å²) in [5.41, 5.74) is 2.02. The van der Waals surface area contributed by atoms with Crippen LogP contribution in [-0.4, -0.2) is 13.0 Å². The third-order valence-corrected chi connectivity index (χ3v) is 4.59. The maximum atomic E-state index is 12.3. The number of benzene rings is 2. The third-order valence-electron chi connectivity index (χ3n) is 2.90. The van der Waals surface area contributed by atoms with Crippen LogP contribution in [0.5, 0.6) is 5.75 Å². The number of anilines is 1. The molecule has 2 aromatic carbocycles. The summed E-state index contributed by atoms with van der Waals surface area (Å²) in [7, 11) is 1.56. The minimum absolute atomic E-state index is 0.242. The van der Waals surface area contributed by atoms with Crippen molar-refractivity contribution in [3.05, 3.63) is 55.4 Å². The fourth-order valence-corrected chi connectivity index (χ4v) is 2.84. The Morgan fingerprint density at radius 1 is 1.24 bits per heavy atom. The van der Waals surface area contributed by atoms with Crippen molar-refractivity contribution < 1.29 is 9.53 Å². The lowest BCUT2D eigenvalue weighted by Crippen LogP contribution is -2.13. The van der Waals surface area contributed by atoms with E-state index in [0.29, 0.717) is 22.0 Å². The molecule has 2 aromatic rings. The van der Waals surface area contributed by atoms with Gasteiger partial charge in [0.15, 0.2) is 0 Å². The highest BCUT2D eigenvalue weighted by atomic mass is 79.9. The normalized spacial score (nSPS) is 10.3. The van der Waals surface area contributed by atoms with Crippen molar-refractivity contribution in [2.45, 2.75) is 6.92 Å². The van der Waals surface area contributed by atoms with E-state index in [1.807, 2.05) is 13.0 Å². The van der Waals surface area contributed by atoms with Gasteiger partial charge in [0.2, 0.25) is 0 Å². The van der Waals surface area contributed by atoms with Gasteiger partial charge in [-0.05, 0) is 58.7 Å². The Morgan fingerprint density at radius 2 is 1.95 bits per heavy atom. The van der Waals surface area contributed by atoms with E-state index in [1.54, 1.807) is 31.4 Å². The van der Waals surface area contributed by atoms with Gasteiger partial charge in [-0.3, -0.25) is 4.79 Å². The van der Waals surface area contributed by atoms with Crippen molar-refractivity contribution in [3.63, 3.8) is 0 Å². The maximum absolute atomic E-state index is 12.3. The summed E-state index contributed by atoms with van der Waals surface area (Å²) in [6, 6.07) is 8.76. The number of hydrogen-bond donors (Lipinski definition) is 1. The molecular weight excluding hydrogens is 421 g/mol. The number of nitrogens with one attached hydrogen (secondary N) is 1. The topological polar surface area (TPSA) is 38.3 Å². The van der Waals surface area contributed by atoms with Crippen LogP contribution in [-0.2, 0) is 0 Å². The van der Waals surface area contributed by atoms with Crippen molar-refractivity contribution >= 4 is 55.1 Å². The van der Waals surface area contributed by atoms with E-state index < -0.39 is 0 Å². The molecule has 0 aromatic heterocycles. The van der Waals surface area contributed by atoms with Crippen LogP contribution in [0.2, 0.25) is 5.02 Å². The predicted octanol–water partition coefficient (Wildman–Crippen LogP) is 5.43. The highest BCUT2D eigenvalue weighted by Crippen LogP contribution is 2.32. The molecule has 0 atom stereocenters. The average molecular weight is 434 g/mol. The average Bonchev–Trinajstić information content (AvgIpc) is 2.44. The molecule has 0 unspecified atom stereocenters. The van der Waals surface area contributed by atoms with Crippen LogP contribution in [0.4, 0.5) is 5.69 Å². The van der Waals surface area contributed by atoms with E-state index in [4.69, 9.17) is 16.3 Å². The Hall–Kier alpha value is -1.04. The number of hydrogen-bond acceptors (Lipinski definition) is 2. The molecule has 0 saturated carbocycles. The standard InChI is InChI=1S/C15H12Br2ClNO2/c1-8-5-10(16)7-13(21-2)14(8)19-15(20)9-3-4-11(17)12(18)6-9/h3-7H,1-2H3,(H,19,20). The second-order valence-corrected chi connectivity index (χ2v) is 6.56. The minimum atomic E-state index is -0.242. The number of methoxy groups -OCH3 is 1. The van der Waals surface area contributed by atoms with Gasteiger partial charge in [0.1, 0.15) is 5.75 Å². The van der Waals surface area contributed by atoms with Crippen LogP contribution < -0.4 is 10.1 Å². The van der Waals surface area contributed by atoms with Crippen molar-refractivity contribution in [2.75, 3.05) is 12.4 Å². The van der Waals surface area contributed by atoms with Crippen LogP contribution in [0.25, 0.3) is 0 Å². The first kappa shape index (κ1) is 16.3. The van der Waals surface area contributed by atoms with Gasteiger partial charge in [-0.15, -0.1) is 0 Å². The van der Waals surface area contributed by atoms with Gasteiger partial charge in [0.25, 0.3) is 5.91 Å². The Labute approximate surface area is 144 Å². The second kappa shape index (κ2) is 6.81. The summed E-state index contributed by atoms with van der Waals surface area (Å²) in [6.07, 6.45) is 0. The Bertz CT molecular complexity index is 704. The van der Waals surface area contributed by atoms with Crippen molar-refractivity contribution in [1.29, 1.82) is 0 Å². The van der Waals surface area contributed by atoms with Crippen LogP contribution in [0, 0.1) is 6.92 Å². The molecular formula is C15H12Br2ClNO2. The van der Waals surface area contributed by atoms with E-state index in [2.05, 4.69) is 37.2 Å². The molecule has 1 amide bonds. The van der Waals surface area contributed by atoms with Crippen LogP contribution >= 0.6 is 43.5 Å². The van der Waals surface area contributed by atoms with Gasteiger partial charge in [0.05, 0.1) is 17.8 Å². The molecule has 0 fully saturated rings. The highest BCUT2D eigenvalue weighted by molar-refractivity contribution is 9.10. The third kappa shape index (κ3) is 3.78. The minimum Gasteiger partial charge on any atom is -0.495 e. The quantitative estimate of drug-likeness (QED) is 0.701. The number of amides is 1. The molecule has 2 rings (SSSR count). The van der Waals surface area contributed by atoms with Crippen LogP contribution in [0.15, 0.2) is 39.3 Å². The predicted molar refractivity (Wildman–Crippen MR) is 92.5 cm³/mol. The molecule has 0 aliphatic carbocycles. The van der Waals surface area contributed by atoms with Gasteiger partial charge < -0.3 is 10.1 Å². The summed E-state index contributed by atoms with van der Waals surface area (Å²) in [4.78, 5) is 12.3. The zero-order valence-corrected chi connectivity index (χ0v) is 15.3. The summed E-state index contributed by atoms with van der Waals surface area (Å²) < 4.78 is 6.95. The summed E-state index contributed by atoms with van der Waals surface area (Å²) in [5, 5.41) is 3.35. The van der Waals surface area contributed by atoms with E-state index in [0.717, 1.165) is 14.5 Å². The molecule has 21 heavy (non-hydrogen) atoms. The fraction of sp³-hybridized carbons (Fsp3) is 0.133. The van der Waals surface area contributed by atoms with Crippen molar-refractivity contribution in [1.82, 2.24) is 0 Å². The molecule has 0 radical (unpaired) electrons. The van der Waals surface area contributed by atoms with E-state index >= 15 is 0 Å². The maximum Gasteiger partial charge on any atom is 0.255 e. The van der Waals surface area contributed by atoms with Gasteiger partial charge in [-0.1, -0.05) is 27.5 Å². The smallest absolute Gasteiger partial charge is 0.255 e. The van der Waals surface area contributed by atoms with Gasteiger partial charge >= 0.3 is 0 Å². The molecule has 0 aliphatic heterocycles. The molecule has 0 bridgehead atoms. The first-order valence-electron chi connectivity index (χ1n) is 6.03. The van der Waals surface area contributed by atoms with Crippen LogP contribution in [0.1, 0.15) is 15.9 Å². The molecule has 3 nitrogen and oxygen atoms in total. The Balaban J connectivity index is 2.33. The lowest BCUT2D eigenvalue weighted by atomic mass is 10.1. The number of ether oxygens (including phenoxy) is 1. The first-order valence-corrected chi connectivity index (χ1v) is 7.99. The molecule has 0 heterocycles. The SMILES string of the molecule is COc1cc(Br)cc(C)c1NC(=O)c1ccc(Br)c(Cl)c1. The van der Waals surface area contributed by atoms with Gasteiger partial charge in [-0.25, -0.2) is 0 Å². The summed E-state index contributed by atoms with van der Waals surface area (Å²) in [6.45, 7) is 1.90. The molecule has 0 spiro atoms. The van der Waals surface area contributed by atoms with Gasteiger partial charge in [-0.2, -0.15) is 0 Å². The monoisotopic (exact) mass is 431 g/mol. The Kier molecular flexibility index (Phi) is 5.30. The summed E-state index contributed by atoms with van der Waals surface area (Å²) in [5.74, 6) is 0.353. The summed E-state index contributed by atoms with van der Waals surface area (Å²) >= 11 is 12.7. The van der Waals surface area contributed by atoms with Crippen molar-refractivity contribution in [2.24, 2.45) is 0 Å². The molecule has 6 heteroatoms. The second-order valence-electron chi connectivity index (χ2n) is 4.38. The number of carbonyl (C=O) groups excluding carboxylic acids is 1. The highest BCUT2D eigenvalue weighted by Gasteiger charge is 2.14. The van der Waals surface area contributed by atoms with E-state index in [-0.39, 0.29) is 5.91 Å². The Morgan fingerprint density at radius 3 is 2.57 bits per heavy atom. The van der Waals surface area contributed by atoms with E-state index in [9.17, 15) is 4.79 Å². The zero-order valence-electron chi connectivity index (χ0n) is 11.3. The number of carbonyl (C=O) groups is 1. The zero-order chi connectivity index (χ0) is 15.6. The van der Waals surface area contributed by atoms with Gasteiger partial charge in [0, 0.05) is 14.5 Å². The lowest BCUT2D eigenvalue weighted by Gasteiger charge is -2.14. The molecule has 0 aliphatic rings. The molecule has 0 saturated heterocycles. The number of rotatable bonds is 3. The lowest BCUT2D eigenvalue weighted by molar-refractivity contribution is 0.102. The number of halogens is 3. The number of aryl methyl sites for hydroxylation is 1. The molecule has 1 N–H and O–H groups in total.